The normalized spacial score (nSPS) is 14.1. The summed E-state index contributed by atoms with van der Waals surface area (Å²) in [5.74, 6) is 0.906. The Bertz CT molecular complexity index is 534. The van der Waals surface area contributed by atoms with E-state index in [0.717, 1.165) is 29.6 Å². The van der Waals surface area contributed by atoms with Crippen LogP contribution in [0.15, 0.2) is 28.7 Å². The van der Waals surface area contributed by atoms with Crippen LogP contribution >= 0.6 is 0 Å². The molecule has 2 N–H and O–H groups in total. The molecule has 1 aromatic carbocycles. The fraction of sp³-hybridized carbons (Fsp3) is 0.500. The summed E-state index contributed by atoms with van der Waals surface area (Å²) in [4.78, 5) is 0. The molecule has 0 aliphatic heterocycles. The van der Waals surface area contributed by atoms with E-state index in [9.17, 15) is 0 Å². The first kappa shape index (κ1) is 13.2. The van der Waals surface area contributed by atoms with Crippen LogP contribution in [0.1, 0.15) is 57.9 Å². The molecule has 0 aliphatic rings. The minimum atomic E-state index is 0.00946. The fourth-order valence-electron chi connectivity index (χ4n) is 2.31. The average molecular weight is 245 g/mol. The Morgan fingerprint density at radius 3 is 2.61 bits per heavy atom. The van der Waals surface area contributed by atoms with E-state index in [1.807, 2.05) is 0 Å². The number of nitrogens with two attached hydrogens (primary N) is 1. The number of benzene rings is 1. The monoisotopic (exact) mass is 245 g/mol. The van der Waals surface area contributed by atoms with Gasteiger partial charge in [-0.3, -0.25) is 0 Å². The Kier molecular flexibility index (Phi) is 3.49. The van der Waals surface area contributed by atoms with Crippen molar-refractivity contribution >= 4 is 11.0 Å². The maximum absolute atomic E-state index is 6.13. The third-order valence-electron chi connectivity index (χ3n) is 3.34. The van der Waals surface area contributed by atoms with Crippen molar-refractivity contribution in [1.29, 1.82) is 0 Å². The number of para-hydroxylation sites is 1. The predicted molar refractivity (Wildman–Crippen MR) is 76.8 cm³/mol. The third-order valence-corrected chi connectivity index (χ3v) is 3.34. The van der Waals surface area contributed by atoms with Crippen molar-refractivity contribution in [2.75, 3.05) is 0 Å². The molecule has 1 aromatic heterocycles. The van der Waals surface area contributed by atoms with Gasteiger partial charge in [-0.25, -0.2) is 0 Å². The molecular formula is C16H23NO. The summed E-state index contributed by atoms with van der Waals surface area (Å²) in [6.45, 7) is 8.75. The third kappa shape index (κ3) is 2.44. The van der Waals surface area contributed by atoms with Crippen LogP contribution in [0.3, 0.4) is 0 Å². The molecule has 18 heavy (non-hydrogen) atoms. The van der Waals surface area contributed by atoms with Gasteiger partial charge in [-0.2, -0.15) is 0 Å². The van der Waals surface area contributed by atoms with Gasteiger partial charge >= 0.3 is 0 Å². The second-order valence-electron chi connectivity index (χ2n) is 6.02. The molecule has 98 valence electrons. The summed E-state index contributed by atoms with van der Waals surface area (Å²) in [5.41, 5.74) is 8.46. The fourth-order valence-corrected chi connectivity index (χ4v) is 2.31. The van der Waals surface area contributed by atoms with Crippen LogP contribution in [-0.4, -0.2) is 0 Å². The first-order valence-corrected chi connectivity index (χ1v) is 6.72. The van der Waals surface area contributed by atoms with E-state index in [1.165, 1.54) is 5.56 Å². The first-order valence-electron chi connectivity index (χ1n) is 6.72. The van der Waals surface area contributed by atoms with Crippen molar-refractivity contribution in [2.24, 2.45) is 5.73 Å². The summed E-state index contributed by atoms with van der Waals surface area (Å²) in [6, 6.07) is 8.42. The molecule has 1 heterocycles. The lowest BCUT2D eigenvalue weighted by molar-refractivity contribution is 0.467. The summed E-state index contributed by atoms with van der Waals surface area (Å²) >= 11 is 0. The van der Waals surface area contributed by atoms with Gasteiger partial charge in [-0.15, -0.1) is 0 Å². The van der Waals surface area contributed by atoms with Crippen LogP contribution in [-0.2, 0) is 5.41 Å². The van der Waals surface area contributed by atoms with Crippen molar-refractivity contribution in [3.8, 4) is 0 Å². The van der Waals surface area contributed by atoms with Crippen LogP contribution in [0.5, 0.6) is 0 Å². The van der Waals surface area contributed by atoms with Crippen molar-refractivity contribution < 1.29 is 4.42 Å². The van der Waals surface area contributed by atoms with Gasteiger partial charge in [0.05, 0.1) is 6.04 Å². The first-order chi connectivity index (χ1) is 8.43. The van der Waals surface area contributed by atoms with E-state index in [4.69, 9.17) is 10.2 Å². The molecule has 2 aromatic rings. The number of hydrogen-bond donors (Lipinski definition) is 1. The topological polar surface area (TPSA) is 39.2 Å². The highest BCUT2D eigenvalue weighted by atomic mass is 16.3. The van der Waals surface area contributed by atoms with Crippen LogP contribution < -0.4 is 5.73 Å². The molecule has 1 unspecified atom stereocenters. The van der Waals surface area contributed by atoms with Crippen LogP contribution in [0.4, 0.5) is 0 Å². The quantitative estimate of drug-likeness (QED) is 0.862. The van der Waals surface area contributed by atoms with Crippen molar-refractivity contribution in [3.63, 3.8) is 0 Å². The number of fused-ring (bicyclic) bond motifs is 1. The van der Waals surface area contributed by atoms with Gasteiger partial charge in [0, 0.05) is 10.9 Å². The molecule has 0 amide bonds. The molecule has 2 nitrogen and oxygen atoms in total. The van der Waals surface area contributed by atoms with Crippen LogP contribution in [0.2, 0.25) is 0 Å². The second kappa shape index (κ2) is 4.77. The predicted octanol–water partition coefficient (Wildman–Crippen LogP) is 4.53. The smallest absolute Gasteiger partial charge is 0.138 e. The summed E-state index contributed by atoms with van der Waals surface area (Å²) in [6.07, 6.45) is 2.04. The highest BCUT2D eigenvalue weighted by molar-refractivity contribution is 5.82. The minimum Gasteiger partial charge on any atom is -0.459 e. The standard InChI is InChI=1S/C16H23NO/c1-5-7-13(17)14-10-11-8-6-9-12(15(11)18-14)16(2,3)4/h6,8-10,13H,5,7,17H2,1-4H3. The molecule has 0 saturated heterocycles. The van der Waals surface area contributed by atoms with Gasteiger partial charge in [-0.05, 0) is 17.9 Å². The zero-order valence-corrected chi connectivity index (χ0v) is 11.8. The molecule has 0 radical (unpaired) electrons. The molecule has 0 spiro atoms. The Hall–Kier alpha value is -1.28. The number of furan rings is 1. The van der Waals surface area contributed by atoms with Crippen molar-refractivity contribution in [1.82, 2.24) is 0 Å². The van der Waals surface area contributed by atoms with Crippen molar-refractivity contribution in [3.05, 3.63) is 35.6 Å². The lowest BCUT2D eigenvalue weighted by atomic mass is 9.86. The highest BCUT2D eigenvalue weighted by Crippen LogP contribution is 2.33. The summed E-state index contributed by atoms with van der Waals surface area (Å²) < 4.78 is 6.02. The Morgan fingerprint density at radius 2 is 2.00 bits per heavy atom. The zero-order valence-electron chi connectivity index (χ0n) is 11.8. The van der Waals surface area contributed by atoms with Crippen LogP contribution in [0.25, 0.3) is 11.0 Å². The minimum absolute atomic E-state index is 0.00946. The highest BCUT2D eigenvalue weighted by Gasteiger charge is 2.20. The Balaban J connectivity index is 2.51. The molecule has 2 heteroatoms. The lowest BCUT2D eigenvalue weighted by Crippen LogP contribution is -2.11. The summed E-state index contributed by atoms with van der Waals surface area (Å²) in [5, 5.41) is 1.16. The largest absolute Gasteiger partial charge is 0.459 e. The van der Waals surface area contributed by atoms with Gasteiger partial charge in [0.25, 0.3) is 0 Å². The maximum Gasteiger partial charge on any atom is 0.138 e. The summed E-state index contributed by atoms with van der Waals surface area (Å²) in [7, 11) is 0. The van der Waals surface area contributed by atoms with E-state index in [2.05, 4.69) is 52.0 Å². The molecule has 1 atom stereocenters. The van der Waals surface area contributed by atoms with E-state index in [1.54, 1.807) is 0 Å². The van der Waals surface area contributed by atoms with E-state index < -0.39 is 0 Å². The lowest BCUT2D eigenvalue weighted by Gasteiger charge is -2.18. The SMILES string of the molecule is CCCC(N)c1cc2cccc(C(C)(C)C)c2o1. The molecule has 0 saturated carbocycles. The second-order valence-corrected chi connectivity index (χ2v) is 6.02. The Labute approximate surface area is 109 Å². The number of rotatable bonds is 3. The van der Waals surface area contributed by atoms with Gasteiger partial charge in [-0.1, -0.05) is 52.3 Å². The van der Waals surface area contributed by atoms with Gasteiger partial charge in [0.1, 0.15) is 11.3 Å². The molecule has 0 fully saturated rings. The molecule has 0 bridgehead atoms. The van der Waals surface area contributed by atoms with Crippen molar-refractivity contribution in [2.45, 2.75) is 52.0 Å². The maximum atomic E-state index is 6.13. The Morgan fingerprint density at radius 1 is 1.28 bits per heavy atom. The van der Waals surface area contributed by atoms with Gasteiger partial charge < -0.3 is 10.2 Å². The van der Waals surface area contributed by atoms with E-state index >= 15 is 0 Å². The van der Waals surface area contributed by atoms with Gasteiger partial charge in [0.15, 0.2) is 0 Å². The van der Waals surface area contributed by atoms with E-state index in [-0.39, 0.29) is 11.5 Å². The zero-order chi connectivity index (χ0) is 13.3. The molecule has 2 rings (SSSR count). The molecular weight excluding hydrogens is 222 g/mol. The molecule has 0 aliphatic carbocycles. The van der Waals surface area contributed by atoms with E-state index in [0.29, 0.717) is 0 Å². The van der Waals surface area contributed by atoms with Gasteiger partial charge in [0.2, 0.25) is 0 Å². The average Bonchev–Trinajstić information content (AvgIpc) is 2.71. The number of hydrogen-bond acceptors (Lipinski definition) is 2. The van der Waals surface area contributed by atoms with Crippen LogP contribution in [0, 0.1) is 0 Å².